The van der Waals surface area contributed by atoms with Gasteiger partial charge in [-0.05, 0) is 42.5 Å². The molecule has 10 heteroatoms. The summed E-state index contributed by atoms with van der Waals surface area (Å²) in [5.74, 6) is -1.42. The number of para-hydroxylation sites is 1. The Morgan fingerprint density at radius 3 is 2.31 bits per heavy atom. The number of halogens is 1. The van der Waals surface area contributed by atoms with Gasteiger partial charge in [-0.2, -0.15) is 5.26 Å². The van der Waals surface area contributed by atoms with E-state index in [4.69, 9.17) is 14.7 Å². The van der Waals surface area contributed by atoms with E-state index >= 15 is 0 Å². The number of sulfonamides is 1. The zero-order valence-corrected chi connectivity index (χ0v) is 17.9. The number of nitriles is 1. The third-order valence-corrected chi connectivity index (χ3v) is 5.74. The number of anilines is 2. The Labute approximate surface area is 184 Å². The Balaban J connectivity index is 2.02. The van der Waals surface area contributed by atoms with E-state index in [1.165, 1.54) is 62.8 Å². The van der Waals surface area contributed by atoms with Crippen molar-refractivity contribution in [1.82, 2.24) is 0 Å². The predicted molar refractivity (Wildman–Crippen MR) is 116 cm³/mol. The molecule has 164 valence electrons. The molecule has 0 aliphatic carbocycles. The van der Waals surface area contributed by atoms with Crippen LogP contribution in [0.5, 0.6) is 11.5 Å². The van der Waals surface area contributed by atoms with Crippen molar-refractivity contribution < 1.29 is 27.1 Å². The number of nitrogens with zero attached hydrogens (tertiary/aromatic N) is 1. The maximum Gasteiger partial charge on any atom is 0.262 e. The van der Waals surface area contributed by atoms with E-state index in [1.807, 2.05) is 6.07 Å². The van der Waals surface area contributed by atoms with Crippen LogP contribution < -0.4 is 19.5 Å². The molecule has 0 fully saturated rings. The van der Waals surface area contributed by atoms with Gasteiger partial charge in [-0.15, -0.1) is 0 Å². The largest absolute Gasteiger partial charge is 0.493 e. The summed E-state index contributed by atoms with van der Waals surface area (Å²) in [6.07, 6.45) is 0. The number of hydrogen-bond acceptors (Lipinski definition) is 6. The van der Waals surface area contributed by atoms with Crippen LogP contribution in [-0.4, -0.2) is 28.5 Å². The lowest BCUT2D eigenvalue weighted by Crippen LogP contribution is -2.18. The number of methoxy groups -OCH3 is 2. The number of ether oxygens (including phenoxy) is 2. The molecule has 3 aromatic rings. The average molecular weight is 455 g/mol. The fourth-order valence-corrected chi connectivity index (χ4v) is 3.95. The highest BCUT2D eigenvalue weighted by molar-refractivity contribution is 7.92. The molecule has 0 aliphatic rings. The van der Waals surface area contributed by atoms with Crippen LogP contribution in [0.25, 0.3) is 0 Å². The van der Waals surface area contributed by atoms with Crippen LogP contribution in [0.3, 0.4) is 0 Å². The third kappa shape index (κ3) is 4.79. The first-order valence-corrected chi connectivity index (χ1v) is 10.6. The minimum Gasteiger partial charge on any atom is -0.493 e. The highest BCUT2D eigenvalue weighted by Gasteiger charge is 2.25. The second-order valence-electron chi connectivity index (χ2n) is 6.43. The number of benzene rings is 3. The van der Waals surface area contributed by atoms with Gasteiger partial charge in [0.05, 0.1) is 42.0 Å². The fourth-order valence-electron chi connectivity index (χ4n) is 2.84. The highest BCUT2D eigenvalue weighted by Crippen LogP contribution is 2.35. The standard InChI is InChI=1S/C22H18FN3O5S/c1-30-20-12-16(32(28,29)26-19-6-4-3-5-18(19)23)11-17(21(20)31-2)22(27)25-15-9-7-14(13-24)8-10-15/h3-12,26H,1-2H3,(H,25,27). The van der Waals surface area contributed by atoms with E-state index in [1.54, 1.807) is 0 Å². The lowest BCUT2D eigenvalue weighted by molar-refractivity contribution is 0.102. The van der Waals surface area contributed by atoms with E-state index in [-0.39, 0.29) is 27.6 Å². The Hall–Kier alpha value is -4.10. The van der Waals surface area contributed by atoms with Gasteiger partial charge in [0.1, 0.15) is 5.82 Å². The summed E-state index contributed by atoms with van der Waals surface area (Å²) >= 11 is 0. The van der Waals surface area contributed by atoms with Crippen molar-refractivity contribution in [3.05, 3.63) is 77.6 Å². The van der Waals surface area contributed by atoms with Gasteiger partial charge < -0.3 is 14.8 Å². The van der Waals surface area contributed by atoms with Gasteiger partial charge in [-0.1, -0.05) is 12.1 Å². The fraction of sp³-hybridized carbons (Fsp3) is 0.0909. The van der Waals surface area contributed by atoms with Crippen LogP contribution in [0.15, 0.2) is 65.6 Å². The van der Waals surface area contributed by atoms with Gasteiger partial charge in [0.25, 0.3) is 15.9 Å². The number of rotatable bonds is 7. The predicted octanol–water partition coefficient (Wildman–Crippen LogP) is 3.77. The molecule has 0 aromatic heterocycles. The molecule has 3 rings (SSSR count). The monoisotopic (exact) mass is 455 g/mol. The zero-order valence-electron chi connectivity index (χ0n) is 17.0. The summed E-state index contributed by atoms with van der Waals surface area (Å²) in [5.41, 5.74) is 0.429. The SMILES string of the molecule is COc1cc(S(=O)(=O)Nc2ccccc2F)cc(C(=O)Nc2ccc(C#N)cc2)c1OC. The summed E-state index contributed by atoms with van der Waals surface area (Å²) in [4.78, 5) is 12.6. The number of carbonyl (C=O) groups excluding carboxylic acids is 1. The molecule has 1 amide bonds. The van der Waals surface area contributed by atoms with Crippen molar-refractivity contribution in [2.24, 2.45) is 0 Å². The van der Waals surface area contributed by atoms with E-state index in [2.05, 4.69) is 10.0 Å². The van der Waals surface area contributed by atoms with Crippen LogP contribution in [0.2, 0.25) is 0 Å². The highest BCUT2D eigenvalue weighted by atomic mass is 32.2. The molecule has 32 heavy (non-hydrogen) atoms. The molecule has 2 N–H and O–H groups in total. The molecular formula is C22H18FN3O5S. The van der Waals surface area contributed by atoms with Gasteiger partial charge >= 0.3 is 0 Å². The van der Waals surface area contributed by atoms with Crippen molar-refractivity contribution >= 4 is 27.3 Å². The first kappa shape index (κ1) is 22.6. The van der Waals surface area contributed by atoms with Crippen molar-refractivity contribution in [2.45, 2.75) is 4.90 Å². The second kappa shape index (κ2) is 9.36. The van der Waals surface area contributed by atoms with Crippen LogP contribution in [0.1, 0.15) is 15.9 Å². The Morgan fingerprint density at radius 2 is 1.72 bits per heavy atom. The van der Waals surface area contributed by atoms with Gasteiger partial charge in [0, 0.05) is 11.8 Å². The maximum absolute atomic E-state index is 13.9. The molecule has 3 aromatic carbocycles. The minimum absolute atomic E-state index is 0.00566. The van der Waals surface area contributed by atoms with Gasteiger partial charge in [-0.25, -0.2) is 12.8 Å². The van der Waals surface area contributed by atoms with Gasteiger partial charge in [-0.3, -0.25) is 9.52 Å². The van der Waals surface area contributed by atoms with Crippen molar-refractivity contribution in [3.8, 4) is 17.6 Å². The first-order valence-electron chi connectivity index (χ1n) is 9.14. The Kier molecular flexibility index (Phi) is 6.61. The van der Waals surface area contributed by atoms with Crippen LogP contribution in [-0.2, 0) is 10.0 Å². The minimum atomic E-state index is -4.27. The molecule has 0 spiro atoms. The summed E-state index contributed by atoms with van der Waals surface area (Å²) in [6, 6.07) is 15.6. The molecule has 0 heterocycles. The molecule has 0 atom stereocenters. The first-order chi connectivity index (χ1) is 15.3. The van der Waals surface area contributed by atoms with E-state index in [0.29, 0.717) is 11.3 Å². The molecule has 0 saturated heterocycles. The van der Waals surface area contributed by atoms with Crippen LogP contribution >= 0.6 is 0 Å². The average Bonchev–Trinajstić information content (AvgIpc) is 2.79. The Bertz CT molecular complexity index is 1300. The summed E-state index contributed by atoms with van der Waals surface area (Å²) < 4.78 is 52.4. The van der Waals surface area contributed by atoms with Gasteiger partial charge in [0.2, 0.25) is 0 Å². The topological polar surface area (TPSA) is 118 Å². The second-order valence-corrected chi connectivity index (χ2v) is 8.12. The molecule has 0 bridgehead atoms. The quantitative estimate of drug-likeness (QED) is 0.560. The van der Waals surface area contributed by atoms with E-state index < -0.39 is 21.7 Å². The summed E-state index contributed by atoms with van der Waals surface area (Å²) in [6.45, 7) is 0. The molecule has 8 nitrogen and oxygen atoms in total. The van der Waals surface area contributed by atoms with Crippen molar-refractivity contribution in [2.75, 3.05) is 24.3 Å². The summed E-state index contributed by atoms with van der Waals surface area (Å²) in [7, 11) is -1.67. The smallest absolute Gasteiger partial charge is 0.262 e. The lowest BCUT2D eigenvalue weighted by atomic mass is 10.1. The lowest BCUT2D eigenvalue weighted by Gasteiger charge is -2.16. The molecule has 0 radical (unpaired) electrons. The van der Waals surface area contributed by atoms with Crippen LogP contribution in [0.4, 0.5) is 15.8 Å². The molecule has 0 aliphatic heterocycles. The number of carbonyl (C=O) groups is 1. The molecule has 0 unspecified atom stereocenters. The number of hydrogen-bond donors (Lipinski definition) is 2. The normalized spacial score (nSPS) is 10.7. The maximum atomic E-state index is 13.9. The Morgan fingerprint density at radius 1 is 1.03 bits per heavy atom. The van der Waals surface area contributed by atoms with Gasteiger partial charge in [0.15, 0.2) is 11.5 Å². The summed E-state index contributed by atoms with van der Waals surface area (Å²) in [5, 5.41) is 11.5. The van der Waals surface area contributed by atoms with E-state index in [9.17, 15) is 17.6 Å². The van der Waals surface area contributed by atoms with Crippen LogP contribution in [0, 0.1) is 17.1 Å². The third-order valence-electron chi connectivity index (χ3n) is 4.40. The number of amides is 1. The molecular weight excluding hydrogens is 437 g/mol. The molecule has 0 saturated carbocycles. The van der Waals surface area contributed by atoms with Crippen molar-refractivity contribution in [3.63, 3.8) is 0 Å². The number of nitrogens with one attached hydrogen (secondary N) is 2. The van der Waals surface area contributed by atoms with Crippen molar-refractivity contribution in [1.29, 1.82) is 5.26 Å². The zero-order chi connectivity index (χ0) is 23.3. The van der Waals surface area contributed by atoms with E-state index in [0.717, 1.165) is 12.1 Å².